The van der Waals surface area contributed by atoms with Gasteiger partial charge in [-0.2, -0.15) is 0 Å². The van der Waals surface area contributed by atoms with Crippen LogP contribution in [-0.2, 0) is 0 Å². The molecule has 0 aromatic heterocycles. The van der Waals surface area contributed by atoms with Crippen LogP contribution in [0.1, 0.15) is 17.2 Å². The smallest absolute Gasteiger partial charge is 0.124 e. The number of aliphatic hydroxyl groups is 1. The molecule has 0 saturated carbocycles. The molecule has 2 aromatic carbocycles. The minimum Gasteiger partial charge on any atom is -0.384 e. The lowest BCUT2D eigenvalue weighted by Crippen LogP contribution is -2.02. The van der Waals surface area contributed by atoms with E-state index in [1.54, 1.807) is 0 Å². The molecule has 0 heterocycles. The molecule has 0 amide bonds. The van der Waals surface area contributed by atoms with E-state index in [0.29, 0.717) is 14.7 Å². The zero-order valence-corrected chi connectivity index (χ0v) is 10.9. The fraction of sp³-hybridized carbons (Fsp3) is 0.0769. The zero-order chi connectivity index (χ0) is 12.4. The number of aliphatic hydroxyl groups excluding tert-OH is 1. The Bertz CT molecular complexity index is 525. The average Bonchev–Trinajstić information content (AvgIpc) is 2.29. The molecule has 0 aliphatic rings. The molecular weight excluding hydrogens is 337 g/mol. The van der Waals surface area contributed by atoms with Crippen LogP contribution in [0, 0.1) is 15.2 Å². The number of rotatable bonds is 2. The Morgan fingerprint density at radius 2 is 1.53 bits per heavy atom. The highest BCUT2D eigenvalue weighted by molar-refractivity contribution is 14.1. The summed E-state index contributed by atoms with van der Waals surface area (Å²) in [4.78, 5) is 0. The molecule has 1 N–H and O–H groups in total. The van der Waals surface area contributed by atoms with E-state index in [1.807, 2.05) is 22.6 Å². The van der Waals surface area contributed by atoms with Gasteiger partial charge in [-0.1, -0.05) is 18.2 Å². The molecule has 0 aliphatic carbocycles. The van der Waals surface area contributed by atoms with Gasteiger partial charge in [0.05, 0.1) is 0 Å². The first-order chi connectivity index (χ1) is 8.08. The second kappa shape index (κ2) is 5.10. The Labute approximate surface area is 111 Å². The number of hydrogen-bond acceptors (Lipinski definition) is 1. The first-order valence-electron chi connectivity index (χ1n) is 4.96. The molecule has 0 radical (unpaired) electrons. The molecule has 17 heavy (non-hydrogen) atoms. The Morgan fingerprint density at radius 3 is 2.12 bits per heavy atom. The van der Waals surface area contributed by atoms with E-state index in [2.05, 4.69) is 0 Å². The third-order valence-electron chi connectivity index (χ3n) is 2.44. The lowest BCUT2D eigenvalue weighted by atomic mass is 10.0. The zero-order valence-electron chi connectivity index (χ0n) is 8.70. The minimum absolute atomic E-state index is 0.343. The van der Waals surface area contributed by atoms with Crippen molar-refractivity contribution < 1.29 is 13.9 Å². The molecule has 1 unspecified atom stereocenters. The summed E-state index contributed by atoms with van der Waals surface area (Å²) < 4.78 is 26.3. The lowest BCUT2D eigenvalue weighted by Gasteiger charge is -2.13. The number of benzene rings is 2. The molecule has 2 aromatic rings. The average molecular weight is 346 g/mol. The van der Waals surface area contributed by atoms with Crippen LogP contribution in [0.3, 0.4) is 0 Å². The van der Waals surface area contributed by atoms with Gasteiger partial charge in [0.1, 0.15) is 17.7 Å². The van der Waals surface area contributed by atoms with Gasteiger partial charge in [-0.15, -0.1) is 0 Å². The van der Waals surface area contributed by atoms with Crippen LogP contribution in [0.2, 0.25) is 0 Å². The third kappa shape index (κ3) is 2.81. The molecule has 0 fully saturated rings. The quantitative estimate of drug-likeness (QED) is 0.823. The minimum atomic E-state index is -0.872. The number of hydrogen-bond donors (Lipinski definition) is 1. The van der Waals surface area contributed by atoms with Crippen LogP contribution >= 0.6 is 22.6 Å². The molecule has 88 valence electrons. The van der Waals surface area contributed by atoms with Crippen molar-refractivity contribution in [1.29, 1.82) is 0 Å². The summed E-state index contributed by atoms with van der Waals surface area (Å²) in [6.45, 7) is 0. The Kier molecular flexibility index (Phi) is 3.73. The van der Waals surface area contributed by atoms with Gasteiger partial charge in [0.2, 0.25) is 0 Å². The fourth-order valence-corrected chi connectivity index (χ4v) is 2.32. The summed E-state index contributed by atoms with van der Waals surface area (Å²) >= 11 is 1.96. The fourth-order valence-electron chi connectivity index (χ4n) is 1.55. The summed E-state index contributed by atoms with van der Waals surface area (Å²) in [7, 11) is 0. The van der Waals surface area contributed by atoms with E-state index < -0.39 is 6.10 Å². The predicted octanol–water partition coefficient (Wildman–Crippen LogP) is 3.65. The highest BCUT2D eigenvalue weighted by Gasteiger charge is 2.14. The summed E-state index contributed by atoms with van der Waals surface area (Å²) in [5.74, 6) is -0.695. The maximum absolute atomic E-state index is 12.9. The molecule has 0 bridgehead atoms. The maximum Gasteiger partial charge on any atom is 0.124 e. The van der Waals surface area contributed by atoms with Gasteiger partial charge in [-0.25, -0.2) is 8.78 Å². The first kappa shape index (κ1) is 12.4. The predicted molar refractivity (Wildman–Crippen MR) is 69.6 cm³/mol. The van der Waals surface area contributed by atoms with Gasteiger partial charge in [0, 0.05) is 3.57 Å². The van der Waals surface area contributed by atoms with E-state index in [4.69, 9.17) is 0 Å². The third-order valence-corrected chi connectivity index (χ3v) is 3.38. The van der Waals surface area contributed by atoms with Crippen LogP contribution < -0.4 is 0 Å². The highest BCUT2D eigenvalue weighted by Crippen LogP contribution is 2.26. The van der Waals surface area contributed by atoms with Gasteiger partial charge in [-0.3, -0.25) is 0 Å². The van der Waals surface area contributed by atoms with Crippen molar-refractivity contribution in [2.75, 3.05) is 0 Å². The van der Waals surface area contributed by atoms with Gasteiger partial charge in [-0.05, 0) is 58.0 Å². The van der Waals surface area contributed by atoms with Crippen LogP contribution in [0.5, 0.6) is 0 Å². The Morgan fingerprint density at radius 1 is 0.941 bits per heavy atom. The van der Waals surface area contributed by atoms with E-state index in [-0.39, 0.29) is 11.6 Å². The van der Waals surface area contributed by atoms with Crippen molar-refractivity contribution in [1.82, 2.24) is 0 Å². The van der Waals surface area contributed by atoms with Crippen molar-refractivity contribution in [2.45, 2.75) is 6.10 Å². The molecule has 0 aliphatic heterocycles. The first-order valence-corrected chi connectivity index (χ1v) is 6.04. The molecule has 1 nitrogen and oxygen atoms in total. The van der Waals surface area contributed by atoms with Gasteiger partial charge >= 0.3 is 0 Å². The number of halogens is 3. The van der Waals surface area contributed by atoms with E-state index >= 15 is 0 Å². The molecule has 1 atom stereocenters. The summed E-state index contributed by atoms with van der Waals surface area (Å²) in [6.07, 6.45) is -0.872. The molecule has 0 saturated heterocycles. The van der Waals surface area contributed by atoms with Crippen molar-refractivity contribution >= 4 is 22.6 Å². The van der Waals surface area contributed by atoms with Gasteiger partial charge in [0.15, 0.2) is 0 Å². The lowest BCUT2D eigenvalue weighted by molar-refractivity contribution is 0.219. The second-order valence-electron chi connectivity index (χ2n) is 3.62. The standard InChI is InChI=1S/C13H9F2IO/c14-9-3-1-8(2-4-9)13(17)11-6-5-10(15)7-12(11)16/h1-7,13,17H. The monoisotopic (exact) mass is 346 g/mol. The SMILES string of the molecule is OC(c1ccc(F)cc1)c1ccc(F)cc1I. The Balaban J connectivity index is 2.36. The van der Waals surface area contributed by atoms with Crippen LogP contribution in [0.4, 0.5) is 8.78 Å². The van der Waals surface area contributed by atoms with Gasteiger partial charge < -0.3 is 5.11 Å². The van der Waals surface area contributed by atoms with E-state index in [1.165, 1.54) is 42.5 Å². The molecule has 2 rings (SSSR count). The van der Waals surface area contributed by atoms with Crippen LogP contribution in [-0.4, -0.2) is 5.11 Å². The molecular formula is C13H9F2IO. The van der Waals surface area contributed by atoms with Crippen LogP contribution in [0.25, 0.3) is 0 Å². The Hall–Kier alpha value is -1.01. The maximum atomic E-state index is 12.9. The topological polar surface area (TPSA) is 20.2 Å². The molecule has 0 spiro atoms. The largest absolute Gasteiger partial charge is 0.384 e. The second-order valence-corrected chi connectivity index (χ2v) is 4.78. The summed E-state index contributed by atoms with van der Waals surface area (Å²) in [5.41, 5.74) is 1.19. The normalized spacial score (nSPS) is 12.5. The van der Waals surface area contributed by atoms with Crippen molar-refractivity contribution in [2.24, 2.45) is 0 Å². The highest BCUT2D eigenvalue weighted by atomic mass is 127. The van der Waals surface area contributed by atoms with Gasteiger partial charge in [0.25, 0.3) is 0 Å². The van der Waals surface area contributed by atoms with E-state index in [9.17, 15) is 13.9 Å². The van der Waals surface area contributed by atoms with E-state index in [0.717, 1.165) is 0 Å². The van der Waals surface area contributed by atoms with Crippen molar-refractivity contribution in [3.05, 3.63) is 68.8 Å². The van der Waals surface area contributed by atoms with Crippen molar-refractivity contribution in [3.8, 4) is 0 Å². The van der Waals surface area contributed by atoms with Crippen LogP contribution in [0.15, 0.2) is 42.5 Å². The summed E-state index contributed by atoms with van der Waals surface area (Å²) in [5, 5.41) is 10.1. The van der Waals surface area contributed by atoms with Crippen molar-refractivity contribution in [3.63, 3.8) is 0 Å². The molecule has 4 heteroatoms. The summed E-state index contributed by atoms with van der Waals surface area (Å²) in [6, 6.07) is 9.78.